The Morgan fingerprint density at radius 3 is 2.17 bits per heavy atom. The van der Waals surface area contributed by atoms with Crippen LogP contribution in [0.3, 0.4) is 0 Å². The van der Waals surface area contributed by atoms with E-state index in [0.29, 0.717) is 5.70 Å². The summed E-state index contributed by atoms with van der Waals surface area (Å²) in [5, 5.41) is 8.58. The minimum atomic E-state index is -0.947. The fourth-order valence-corrected chi connectivity index (χ4v) is 0.573. The van der Waals surface area contributed by atoms with Gasteiger partial charge in [-0.1, -0.05) is 12.2 Å². The monoisotopic (exact) mass is 167 g/mol. The summed E-state index contributed by atoms with van der Waals surface area (Å²) >= 11 is 0. The molecule has 0 aliphatic heterocycles. The zero-order chi connectivity index (χ0) is 9.56. The van der Waals surface area contributed by atoms with Crippen molar-refractivity contribution in [2.45, 2.75) is 13.8 Å². The predicted molar refractivity (Wildman–Crippen MR) is 48.5 cm³/mol. The maximum absolute atomic E-state index is 10.5. The van der Waals surface area contributed by atoms with E-state index in [-0.39, 0.29) is 5.57 Å². The molecule has 0 atom stereocenters. The van der Waals surface area contributed by atoms with Gasteiger partial charge < -0.3 is 10.8 Å². The van der Waals surface area contributed by atoms with Crippen LogP contribution in [0.2, 0.25) is 0 Å². The van der Waals surface area contributed by atoms with Gasteiger partial charge in [-0.15, -0.1) is 0 Å². The van der Waals surface area contributed by atoms with Crippen LogP contribution >= 0.6 is 0 Å². The lowest BCUT2D eigenvalue weighted by molar-refractivity contribution is -0.132. The van der Waals surface area contributed by atoms with Gasteiger partial charge in [0.2, 0.25) is 0 Å². The van der Waals surface area contributed by atoms with E-state index in [2.05, 4.69) is 0 Å². The topological polar surface area (TPSA) is 63.3 Å². The predicted octanol–water partition coefficient (Wildman–Crippen LogP) is 1.44. The molecule has 0 aromatic heterocycles. The summed E-state index contributed by atoms with van der Waals surface area (Å²) < 4.78 is 0. The van der Waals surface area contributed by atoms with Crippen molar-refractivity contribution in [2.75, 3.05) is 0 Å². The maximum atomic E-state index is 10.5. The highest BCUT2D eigenvalue weighted by Gasteiger charge is 1.99. The largest absolute Gasteiger partial charge is 0.478 e. The SMILES string of the molecule is C\C=C(N)/C=C\C(=C/C)C(=O)O. The fourth-order valence-electron chi connectivity index (χ4n) is 0.573. The average Bonchev–Trinajstić information content (AvgIpc) is 2.04. The van der Waals surface area contributed by atoms with Crippen LogP contribution in [0, 0.1) is 0 Å². The van der Waals surface area contributed by atoms with Gasteiger partial charge in [0.15, 0.2) is 0 Å². The molecular formula is C9H13NO2. The van der Waals surface area contributed by atoms with Gasteiger partial charge >= 0.3 is 5.97 Å². The molecule has 0 saturated heterocycles. The third kappa shape index (κ3) is 3.61. The van der Waals surface area contributed by atoms with Gasteiger partial charge in [-0.05, 0) is 26.0 Å². The number of nitrogens with two attached hydrogens (primary N) is 1. The lowest BCUT2D eigenvalue weighted by Gasteiger charge is -1.92. The molecule has 0 amide bonds. The number of carboxylic acid groups (broad SMARTS) is 1. The average molecular weight is 167 g/mol. The number of hydrogen-bond acceptors (Lipinski definition) is 2. The second-order valence-electron chi connectivity index (χ2n) is 2.17. The minimum absolute atomic E-state index is 0.236. The first-order chi connectivity index (χ1) is 5.61. The molecule has 66 valence electrons. The summed E-state index contributed by atoms with van der Waals surface area (Å²) in [7, 11) is 0. The van der Waals surface area contributed by atoms with Crippen LogP contribution in [-0.4, -0.2) is 11.1 Å². The summed E-state index contributed by atoms with van der Waals surface area (Å²) in [6, 6.07) is 0. The molecule has 12 heavy (non-hydrogen) atoms. The van der Waals surface area contributed by atoms with Crippen LogP contribution in [-0.2, 0) is 4.79 Å². The highest BCUT2D eigenvalue weighted by Crippen LogP contribution is 1.98. The molecule has 0 fully saturated rings. The van der Waals surface area contributed by atoms with Crippen molar-refractivity contribution in [1.29, 1.82) is 0 Å². The third-order valence-corrected chi connectivity index (χ3v) is 1.35. The van der Waals surface area contributed by atoms with Crippen molar-refractivity contribution < 1.29 is 9.90 Å². The van der Waals surface area contributed by atoms with E-state index in [1.165, 1.54) is 12.2 Å². The molecule has 3 heteroatoms. The van der Waals surface area contributed by atoms with Crippen LogP contribution in [0.5, 0.6) is 0 Å². The Morgan fingerprint density at radius 1 is 1.25 bits per heavy atom. The molecule has 3 N–H and O–H groups in total. The van der Waals surface area contributed by atoms with Gasteiger partial charge in [-0.2, -0.15) is 0 Å². The number of carbonyl (C=O) groups is 1. The molecule has 0 saturated carbocycles. The van der Waals surface area contributed by atoms with E-state index in [0.717, 1.165) is 0 Å². The molecule has 0 aromatic rings. The van der Waals surface area contributed by atoms with Crippen LogP contribution < -0.4 is 5.73 Å². The zero-order valence-electron chi connectivity index (χ0n) is 7.24. The smallest absolute Gasteiger partial charge is 0.335 e. The second kappa shape index (κ2) is 5.18. The van der Waals surface area contributed by atoms with Gasteiger partial charge in [-0.25, -0.2) is 4.79 Å². The van der Waals surface area contributed by atoms with E-state index in [4.69, 9.17) is 10.8 Å². The summed E-state index contributed by atoms with van der Waals surface area (Å²) in [5.74, 6) is -0.947. The van der Waals surface area contributed by atoms with Gasteiger partial charge in [0.1, 0.15) is 0 Å². The molecule has 0 bridgehead atoms. The number of carboxylic acids is 1. The van der Waals surface area contributed by atoms with Crippen LogP contribution in [0.4, 0.5) is 0 Å². The van der Waals surface area contributed by atoms with Crippen molar-refractivity contribution in [3.63, 3.8) is 0 Å². The minimum Gasteiger partial charge on any atom is -0.478 e. The number of aliphatic carboxylic acids is 1. The van der Waals surface area contributed by atoms with Crippen molar-refractivity contribution in [3.8, 4) is 0 Å². The Bertz CT molecular complexity index is 249. The Labute approximate surface area is 71.9 Å². The summed E-state index contributed by atoms with van der Waals surface area (Å²) in [6.45, 7) is 3.45. The van der Waals surface area contributed by atoms with E-state index in [9.17, 15) is 4.79 Å². The van der Waals surface area contributed by atoms with Crippen molar-refractivity contribution in [3.05, 3.63) is 35.6 Å². The third-order valence-electron chi connectivity index (χ3n) is 1.35. The highest BCUT2D eigenvalue weighted by atomic mass is 16.4. The first kappa shape index (κ1) is 10.5. The van der Waals surface area contributed by atoms with Gasteiger partial charge in [0.05, 0.1) is 5.57 Å². The molecule has 0 unspecified atom stereocenters. The first-order valence-electron chi connectivity index (χ1n) is 3.61. The van der Waals surface area contributed by atoms with E-state index < -0.39 is 5.97 Å². The van der Waals surface area contributed by atoms with E-state index >= 15 is 0 Å². The lowest BCUT2D eigenvalue weighted by atomic mass is 10.2. The molecule has 0 radical (unpaired) electrons. The standard InChI is InChI=1S/C9H13NO2/c1-3-7(9(11)12)5-6-8(10)4-2/h3-6H,10H2,1-2H3,(H,11,12)/b6-5-,7-3+,8-4+. The zero-order valence-corrected chi connectivity index (χ0v) is 7.24. The molecule has 0 aliphatic rings. The second-order valence-corrected chi connectivity index (χ2v) is 2.17. The summed E-state index contributed by atoms with van der Waals surface area (Å²) in [4.78, 5) is 10.5. The van der Waals surface area contributed by atoms with Crippen molar-refractivity contribution in [1.82, 2.24) is 0 Å². The molecule has 0 rings (SSSR count). The molecule has 0 heterocycles. The number of allylic oxidation sites excluding steroid dienone is 3. The van der Waals surface area contributed by atoms with Crippen molar-refractivity contribution in [2.24, 2.45) is 5.73 Å². The molecule has 0 spiro atoms. The van der Waals surface area contributed by atoms with Gasteiger partial charge in [-0.3, -0.25) is 0 Å². The Kier molecular flexibility index (Phi) is 4.53. The van der Waals surface area contributed by atoms with E-state index in [1.807, 2.05) is 0 Å². The van der Waals surface area contributed by atoms with Crippen LogP contribution in [0.15, 0.2) is 35.6 Å². The maximum Gasteiger partial charge on any atom is 0.335 e. The van der Waals surface area contributed by atoms with Crippen molar-refractivity contribution >= 4 is 5.97 Å². The highest BCUT2D eigenvalue weighted by molar-refractivity contribution is 5.89. The van der Waals surface area contributed by atoms with Crippen LogP contribution in [0.1, 0.15) is 13.8 Å². The quantitative estimate of drug-likeness (QED) is 0.493. The molecule has 0 aliphatic carbocycles. The molecular weight excluding hydrogens is 154 g/mol. The first-order valence-corrected chi connectivity index (χ1v) is 3.61. The number of hydrogen-bond donors (Lipinski definition) is 2. The Morgan fingerprint density at radius 2 is 1.83 bits per heavy atom. The fraction of sp³-hybridized carbons (Fsp3) is 0.222. The normalized spacial score (nSPS) is 13.8. The van der Waals surface area contributed by atoms with E-state index in [1.54, 1.807) is 26.0 Å². The Hall–Kier alpha value is -1.51. The lowest BCUT2D eigenvalue weighted by Crippen LogP contribution is -1.98. The van der Waals surface area contributed by atoms with Crippen LogP contribution in [0.25, 0.3) is 0 Å². The summed E-state index contributed by atoms with van der Waals surface area (Å²) in [6.07, 6.45) is 6.24. The van der Waals surface area contributed by atoms with Gasteiger partial charge in [0, 0.05) is 5.70 Å². The number of rotatable bonds is 3. The van der Waals surface area contributed by atoms with Gasteiger partial charge in [0.25, 0.3) is 0 Å². The molecule has 3 nitrogen and oxygen atoms in total. The molecule has 0 aromatic carbocycles. The summed E-state index contributed by atoms with van der Waals surface area (Å²) in [5.41, 5.74) is 6.22. The Balaban J connectivity index is 4.43.